The molecule has 0 spiro atoms. The molecule has 3 aromatic carbocycles. The molecule has 0 fully saturated rings. The van der Waals surface area contributed by atoms with Crippen molar-refractivity contribution in [3.63, 3.8) is 0 Å². The average Bonchev–Trinajstić information content (AvgIpc) is 3.50. The van der Waals surface area contributed by atoms with Gasteiger partial charge >= 0.3 is 0 Å². The number of hydrogen-bond acceptors (Lipinski definition) is 5. The smallest absolute Gasteiger partial charge is 0.232 e. The van der Waals surface area contributed by atoms with Gasteiger partial charge in [-0.3, -0.25) is 4.79 Å². The SMILES string of the molecule is Cc1cc(F)ccc1-n1ncc2cc(C(c3ccccc3)C(C)(C)C(=O)Nc3nncs3)ccc21. The van der Waals surface area contributed by atoms with Gasteiger partial charge in [0.25, 0.3) is 0 Å². The Labute approximate surface area is 206 Å². The standard InChI is InChI=1S/C27H24FN5OS/c1-17-13-21(28)10-12-22(17)33-23-11-9-19(14-20(23)15-30-33)24(18-7-5-4-6-8-18)27(2,3)25(34)31-26-32-29-16-35-26/h4-16,24H,1-3H3,(H,31,32,34). The monoisotopic (exact) mass is 485 g/mol. The fraction of sp³-hybridized carbons (Fsp3) is 0.185. The maximum absolute atomic E-state index is 13.6. The summed E-state index contributed by atoms with van der Waals surface area (Å²) in [5.41, 5.74) is 5.35. The van der Waals surface area contributed by atoms with Gasteiger partial charge in [-0.2, -0.15) is 5.10 Å². The molecule has 0 saturated carbocycles. The van der Waals surface area contributed by atoms with Crippen LogP contribution in [-0.2, 0) is 4.79 Å². The first-order valence-corrected chi connectivity index (χ1v) is 12.1. The van der Waals surface area contributed by atoms with Gasteiger partial charge in [-0.25, -0.2) is 9.07 Å². The zero-order valence-corrected chi connectivity index (χ0v) is 20.4. The van der Waals surface area contributed by atoms with Crippen LogP contribution in [0, 0.1) is 18.2 Å². The number of carbonyl (C=O) groups excluding carboxylic acids is 1. The minimum absolute atomic E-state index is 0.138. The number of anilines is 1. The molecular formula is C27H24FN5OS. The summed E-state index contributed by atoms with van der Waals surface area (Å²) in [5, 5.41) is 16.7. The molecule has 2 heterocycles. The van der Waals surface area contributed by atoms with E-state index in [0.717, 1.165) is 33.3 Å². The summed E-state index contributed by atoms with van der Waals surface area (Å²) >= 11 is 1.29. The van der Waals surface area contributed by atoms with Crippen LogP contribution < -0.4 is 5.32 Å². The van der Waals surface area contributed by atoms with Crippen molar-refractivity contribution in [2.45, 2.75) is 26.7 Å². The number of halogens is 1. The summed E-state index contributed by atoms with van der Waals surface area (Å²) in [5.74, 6) is -0.637. The van der Waals surface area contributed by atoms with E-state index >= 15 is 0 Å². The molecule has 0 radical (unpaired) electrons. The molecule has 5 aromatic rings. The first kappa shape index (κ1) is 22.9. The molecule has 5 rings (SSSR count). The van der Waals surface area contributed by atoms with E-state index in [-0.39, 0.29) is 17.6 Å². The Balaban J connectivity index is 1.58. The second kappa shape index (κ2) is 9.03. The van der Waals surface area contributed by atoms with Crippen molar-refractivity contribution >= 4 is 33.3 Å². The highest BCUT2D eigenvalue weighted by Gasteiger charge is 2.39. The molecule has 1 N–H and O–H groups in total. The number of aryl methyl sites for hydroxylation is 1. The van der Waals surface area contributed by atoms with Crippen LogP contribution in [-0.4, -0.2) is 25.9 Å². The predicted molar refractivity (Wildman–Crippen MR) is 136 cm³/mol. The fourth-order valence-electron chi connectivity index (χ4n) is 4.57. The van der Waals surface area contributed by atoms with Crippen LogP contribution in [0.15, 0.2) is 78.4 Å². The molecule has 0 aliphatic heterocycles. The highest BCUT2D eigenvalue weighted by atomic mass is 32.1. The number of aromatic nitrogens is 4. The summed E-state index contributed by atoms with van der Waals surface area (Å²) in [7, 11) is 0. The number of nitrogens with one attached hydrogen (secondary N) is 1. The van der Waals surface area contributed by atoms with E-state index in [1.165, 1.54) is 23.5 Å². The van der Waals surface area contributed by atoms with Crippen LogP contribution in [0.2, 0.25) is 0 Å². The molecule has 6 nitrogen and oxygen atoms in total. The largest absolute Gasteiger partial charge is 0.300 e. The Morgan fingerprint density at radius 1 is 1.06 bits per heavy atom. The third kappa shape index (κ3) is 4.33. The van der Waals surface area contributed by atoms with Gasteiger partial charge < -0.3 is 5.32 Å². The maximum Gasteiger partial charge on any atom is 0.232 e. The van der Waals surface area contributed by atoms with Crippen LogP contribution in [0.25, 0.3) is 16.6 Å². The van der Waals surface area contributed by atoms with E-state index in [1.807, 2.05) is 67.9 Å². The summed E-state index contributed by atoms with van der Waals surface area (Å²) < 4.78 is 15.5. The van der Waals surface area contributed by atoms with Crippen LogP contribution in [0.5, 0.6) is 0 Å². The maximum atomic E-state index is 13.6. The number of amides is 1. The Morgan fingerprint density at radius 2 is 1.86 bits per heavy atom. The topological polar surface area (TPSA) is 72.7 Å². The van der Waals surface area contributed by atoms with Crippen molar-refractivity contribution in [3.05, 3.63) is 101 Å². The molecule has 0 aliphatic rings. The molecule has 1 atom stereocenters. The molecule has 176 valence electrons. The molecule has 35 heavy (non-hydrogen) atoms. The van der Waals surface area contributed by atoms with Gasteiger partial charge in [-0.1, -0.05) is 61.6 Å². The van der Waals surface area contributed by atoms with Gasteiger partial charge in [0.15, 0.2) is 0 Å². The fourth-order valence-corrected chi connectivity index (χ4v) is 5.01. The van der Waals surface area contributed by atoms with Gasteiger partial charge in [0, 0.05) is 11.3 Å². The normalized spacial score (nSPS) is 12.6. The Morgan fingerprint density at radius 3 is 2.57 bits per heavy atom. The molecule has 0 saturated heterocycles. The number of benzene rings is 3. The van der Waals surface area contributed by atoms with E-state index in [9.17, 15) is 9.18 Å². The Bertz CT molecular complexity index is 1500. The first-order valence-electron chi connectivity index (χ1n) is 11.2. The van der Waals surface area contributed by atoms with Gasteiger partial charge in [-0.05, 0) is 53.9 Å². The van der Waals surface area contributed by atoms with Crippen LogP contribution in [0.1, 0.15) is 36.5 Å². The van der Waals surface area contributed by atoms with Gasteiger partial charge in [0.1, 0.15) is 11.3 Å². The lowest BCUT2D eigenvalue weighted by atomic mass is 9.70. The third-order valence-electron chi connectivity index (χ3n) is 6.33. The van der Waals surface area contributed by atoms with Crippen molar-refractivity contribution in [3.8, 4) is 5.69 Å². The lowest BCUT2D eigenvalue weighted by Gasteiger charge is -2.33. The summed E-state index contributed by atoms with van der Waals surface area (Å²) in [6.45, 7) is 5.75. The zero-order chi connectivity index (χ0) is 24.6. The summed E-state index contributed by atoms with van der Waals surface area (Å²) in [6, 6.07) is 20.8. The third-order valence-corrected chi connectivity index (χ3v) is 6.94. The molecule has 0 aliphatic carbocycles. The van der Waals surface area contributed by atoms with Crippen LogP contribution >= 0.6 is 11.3 Å². The van der Waals surface area contributed by atoms with Crippen molar-refractivity contribution in [2.75, 3.05) is 5.32 Å². The molecule has 0 bridgehead atoms. The van der Waals surface area contributed by atoms with Gasteiger partial charge in [0.05, 0.1) is 22.8 Å². The number of carbonyl (C=O) groups is 1. The van der Waals surface area contributed by atoms with E-state index in [1.54, 1.807) is 17.8 Å². The van der Waals surface area contributed by atoms with E-state index < -0.39 is 5.41 Å². The summed E-state index contributed by atoms with van der Waals surface area (Å²) in [6.07, 6.45) is 1.80. The zero-order valence-electron chi connectivity index (χ0n) is 19.6. The van der Waals surface area contributed by atoms with Crippen molar-refractivity contribution in [1.82, 2.24) is 20.0 Å². The number of hydrogen-bond donors (Lipinski definition) is 1. The molecule has 1 amide bonds. The average molecular weight is 486 g/mol. The number of nitrogens with zero attached hydrogens (tertiary/aromatic N) is 4. The lowest BCUT2D eigenvalue weighted by Crippen LogP contribution is -2.37. The second-order valence-electron chi connectivity index (χ2n) is 9.07. The van der Waals surface area contributed by atoms with E-state index in [2.05, 4.69) is 26.7 Å². The van der Waals surface area contributed by atoms with Gasteiger partial charge in [-0.15, -0.1) is 10.2 Å². The molecule has 8 heteroatoms. The number of rotatable bonds is 6. The van der Waals surface area contributed by atoms with Crippen molar-refractivity contribution in [1.29, 1.82) is 0 Å². The minimum atomic E-state index is -0.801. The number of fused-ring (bicyclic) bond motifs is 1. The quantitative estimate of drug-likeness (QED) is 0.314. The van der Waals surface area contributed by atoms with E-state index in [0.29, 0.717) is 5.13 Å². The molecule has 2 aromatic heterocycles. The Kier molecular flexibility index (Phi) is 5.90. The lowest BCUT2D eigenvalue weighted by molar-refractivity contribution is -0.124. The van der Waals surface area contributed by atoms with Crippen LogP contribution in [0.3, 0.4) is 0 Å². The first-order chi connectivity index (χ1) is 16.8. The van der Waals surface area contributed by atoms with E-state index in [4.69, 9.17) is 0 Å². The summed E-state index contributed by atoms with van der Waals surface area (Å²) in [4.78, 5) is 13.4. The van der Waals surface area contributed by atoms with Crippen molar-refractivity contribution in [2.24, 2.45) is 5.41 Å². The highest BCUT2D eigenvalue weighted by Crippen LogP contribution is 2.42. The van der Waals surface area contributed by atoms with Crippen molar-refractivity contribution < 1.29 is 9.18 Å². The second-order valence-corrected chi connectivity index (χ2v) is 9.90. The predicted octanol–water partition coefficient (Wildman–Crippen LogP) is 6.12. The van der Waals surface area contributed by atoms with Crippen LogP contribution in [0.4, 0.5) is 9.52 Å². The molecule has 1 unspecified atom stereocenters. The highest BCUT2D eigenvalue weighted by molar-refractivity contribution is 7.13. The van der Waals surface area contributed by atoms with Gasteiger partial charge in [0.2, 0.25) is 11.0 Å². The minimum Gasteiger partial charge on any atom is -0.300 e. The molecular weight excluding hydrogens is 461 g/mol. The Hall–Kier alpha value is -3.91.